The highest BCUT2D eigenvalue weighted by atomic mass is 32.2. The molecule has 0 radical (unpaired) electrons. The lowest BCUT2D eigenvalue weighted by molar-refractivity contribution is -0.123. The van der Waals surface area contributed by atoms with Gasteiger partial charge < -0.3 is 19.4 Å². The van der Waals surface area contributed by atoms with E-state index in [1.807, 2.05) is 6.92 Å². The van der Waals surface area contributed by atoms with E-state index in [2.05, 4.69) is 5.32 Å². The molecule has 0 spiro atoms. The van der Waals surface area contributed by atoms with Crippen LogP contribution in [0.3, 0.4) is 0 Å². The van der Waals surface area contributed by atoms with Gasteiger partial charge in [-0.1, -0.05) is 25.1 Å². The van der Waals surface area contributed by atoms with Crippen molar-refractivity contribution < 1.29 is 27.2 Å². The van der Waals surface area contributed by atoms with Crippen LogP contribution in [0.15, 0.2) is 62.6 Å². The van der Waals surface area contributed by atoms with Crippen LogP contribution in [0.1, 0.15) is 23.7 Å². The highest BCUT2D eigenvalue weighted by Gasteiger charge is 2.33. The van der Waals surface area contributed by atoms with Gasteiger partial charge in [0, 0.05) is 31.6 Å². The minimum atomic E-state index is -3.87. The highest BCUT2D eigenvalue weighted by Crippen LogP contribution is 2.33. The van der Waals surface area contributed by atoms with Crippen molar-refractivity contribution in [3.8, 4) is 5.75 Å². The summed E-state index contributed by atoms with van der Waals surface area (Å²) in [6.07, 6.45) is -0.115. The topological polar surface area (TPSA) is 126 Å². The number of piperazine rings is 1. The molecule has 3 heterocycles. The summed E-state index contributed by atoms with van der Waals surface area (Å²) in [6.45, 7) is 2.18. The first kappa shape index (κ1) is 23.1. The molecule has 2 aromatic carbocycles. The molecule has 0 bridgehead atoms. The van der Waals surface area contributed by atoms with E-state index in [0.717, 1.165) is 0 Å². The Bertz CT molecular complexity index is 1490. The number of rotatable bonds is 4. The van der Waals surface area contributed by atoms with Gasteiger partial charge in [0.15, 0.2) is 6.10 Å². The van der Waals surface area contributed by atoms with Crippen molar-refractivity contribution >= 4 is 38.5 Å². The van der Waals surface area contributed by atoms with Crippen LogP contribution in [0.2, 0.25) is 0 Å². The number of carbonyl (C=O) groups is 2. The second-order valence-corrected chi connectivity index (χ2v) is 10.3. The van der Waals surface area contributed by atoms with Crippen LogP contribution < -0.4 is 15.7 Å². The standard InChI is InChI=1S/C24H23N3O7S/c1-2-19-22(28)25-18-14-16(7-8-21(18)33-19)35(31,32)27-11-9-26(10-12-27)23(29)17-13-15-5-3-4-6-20(15)34-24(17)30/h3-8,13-14,19H,2,9-12H2,1H3,(H,25,28). The molecule has 2 amide bonds. The SMILES string of the molecule is CCC1Oc2ccc(S(=O)(=O)N3CCN(C(=O)c4cc5ccccc5oc4=O)CC3)cc2NC1=O. The molecule has 1 N–H and O–H groups in total. The lowest BCUT2D eigenvalue weighted by atomic mass is 10.1. The Morgan fingerprint density at radius 3 is 2.54 bits per heavy atom. The van der Waals surface area contributed by atoms with Crippen molar-refractivity contribution in [1.82, 2.24) is 9.21 Å². The molecule has 2 aliphatic rings. The molecular formula is C24H23N3O7S. The fourth-order valence-electron chi connectivity index (χ4n) is 4.22. The Hall–Kier alpha value is -3.70. The van der Waals surface area contributed by atoms with Crippen molar-refractivity contribution in [2.24, 2.45) is 0 Å². The van der Waals surface area contributed by atoms with Crippen LogP contribution in [0.4, 0.5) is 5.69 Å². The summed E-state index contributed by atoms with van der Waals surface area (Å²) in [6, 6.07) is 12.8. The molecule has 2 aliphatic heterocycles. The van der Waals surface area contributed by atoms with E-state index in [-0.39, 0.29) is 42.5 Å². The number of carbonyl (C=O) groups excluding carboxylic acids is 2. The number of amides is 2. The summed E-state index contributed by atoms with van der Waals surface area (Å²) in [4.78, 5) is 38.9. The number of hydrogen-bond donors (Lipinski definition) is 1. The van der Waals surface area contributed by atoms with Gasteiger partial charge in [-0.05, 0) is 36.8 Å². The van der Waals surface area contributed by atoms with Gasteiger partial charge in [0.2, 0.25) is 10.0 Å². The maximum atomic E-state index is 13.2. The van der Waals surface area contributed by atoms with Crippen molar-refractivity contribution in [3.05, 3.63) is 64.5 Å². The largest absolute Gasteiger partial charge is 0.478 e. The molecule has 1 atom stereocenters. The molecule has 182 valence electrons. The van der Waals surface area contributed by atoms with Crippen molar-refractivity contribution in [2.75, 3.05) is 31.5 Å². The van der Waals surface area contributed by atoms with E-state index in [0.29, 0.717) is 28.8 Å². The molecule has 11 heteroatoms. The number of hydrogen-bond acceptors (Lipinski definition) is 7. The number of nitrogens with one attached hydrogen (secondary N) is 1. The Morgan fingerprint density at radius 1 is 1.06 bits per heavy atom. The number of fused-ring (bicyclic) bond motifs is 2. The molecule has 0 saturated carbocycles. The first-order valence-electron chi connectivity index (χ1n) is 11.2. The van der Waals surface area contributed by atoms with Gasteiger partial charge in [-0.15, -0.1) is 0 Å². The number of benzene rings is 2. The first-order chi connectivity index (χ1) is 16.8. The third-order valence-electron chi connectivity index (χ3n) is 6.18. The fourth-order valence-corrected chi connectivity index (χ4v) is 5.67. The Kier molecular flexibility index (Phi) is 5.81. The molecule has 1 unspecified atom stereocenters. The number of anilines is 1. The van der Waals surface area contributed by atoms with E-state index in [9.17, 15) is 22.8 Å². The second-order valence-electron chi connectivity index (χ2n) is 8.34. The normalized spacial score (nSPS) is 18.6. The number of sulfonamides is 1. The van der Waals surface area contributed by atoms with Crippen LogP contribution in [-0.4, -0.2) is 61.7 Å². The summed E-state index contributed by atoms with van der Waals surface area (Å²) >= 11 is 0. The molecular weight excluding hydrogens is 474 g/mol. The minimum Gasteiger partial charge on any atom is -0.478 e. The van der Waals surface area contributed by atoms with Crippen LogP contribution in [0.5, 0.6) is 5.75 Å². The third-order valence-corrected chi connectivity index (χ3v) is 8.07. The number of para-hydroxylation sites is 1. The predicted octanol–water partition coefficient (Wildman–Crippen LogP) is 2.05. The van der Waals surface area contributed by atoms with Crippen LogP contribution >= 0.6 is 0 Å². The summed E-state index contributed by atoms with van der Waals surface area (Å²) in [5.74, 6) is -0.402. The Labute approximate surface area is 201 Å². The molecule has 0 aliphatic carbocycles. The van der Waals surface area contributed by atoms with Gasteiger partial charge in [0.1, 0.15) is 16.9 Å². The highest BCUT2D eigenvalue weighted by molar-refractivity contribution is 7.89. The molecule has 1 saturated heterocycles. The molecule has 1 aromatic heterocycles. The monoisotopic (exact) mass is 497 g/mol. The minimum absolute atomic E-state index is 0.0186. The number of nitrogens with zero attached hydrogens (tertiary/aromatic N) is 2. The van der Waals surface area contributed by atoms with Crippen molar-refractivity contribution in [1.29, 1.82) is 0 Å². The molecule has 3 aromatic rings. The lowest BCUT2D eigenvalue weighted by Crippen LogP contribution is -2.51. The summed E-state index contributed by atoms with van der Waals surface area (Å²) in [7, 11) is -3.87. The fraction of sp³-hybridized carbons (Fsp3) is 0.292. The first-order valence-corrected chi connectivity index (χ1v) is 12.7. The molecule has 10 nitrogen and oxygen atoms in total. The van der Waals surface area contributed by atoms with E-state index in [4.69, 9.17) is 9.15 Å². The van der Waals surface area contributed by atoms with E-state index in [1.165, 1.54) is 33.5 Å². The predicted molar refractivity (Wildman–Crippen MR) is 127 cm³/mol. The van der Waals surface area contributed by atoms with Crippen molar-refractivity contribution in [2.45, 2.75) is 24.3 Å². The van der Waals surface area contributed by atoms with Crippen molar-refractivity contribution in [3.63, 3.8) is 0 Å². The zero-order valence-corrected chi connectivity index (χ0v) is 19.7. The third kappa shape index (κ3) is 4.17. The van der Waals surface area contributed by atoms with Gasteiger partial charge in [-0.25, -0.2) is 13.2 Å². The van der Waals surface area contributed by atoms with Crippen LogP contribution in [-0.2, 0) is 14.8 Å². The van der Waals surface area contributed by atoms with Gasteiger partial charge in [0.25, 0.3) is 11.8 Å². The van der Waals surface area contributed by atoms with E-state index >= 15 is 0 Å². The van der Waals surface area contributed by atoms with Crippen LogP contribution in [0, 0.1) is 0 Å². The average Bonchev–Trinajstić information content (AvgIpc) is 2.87. The van der Waals surface area contributed by atoms with E-state index < -0.39 is 27.7 Å². The smallest absolute Gasteiger partial charge is 0.349 e. The zero-order chi connectivity index (χ0) is 24.7. The van der Waals surface area contributed by atoms with Gasteiger partial charge in [0.05, 0.1) is 10.6 Å². The van der Waals surface area contributed by atoms with E-state index in [1.54, 1.807) is 24.3 Å². The number of ether oxygens (including phenoxy) is 1. The summed E-state index contributed by atoms with van der Waals surface area (Å²) in [5.41, 5.74) is -0.123. The van der Waals surface area contributed by atoms with Crippen LogP contribution in [0.25, 0.3) is 11.0 Å². The maximum Gasteiger partial charge on any atom is 0.349 e. The lowest BCUT2D eigenvalue weighted by Gasteiger charge is -2.34. The summed E-state index contributed by atoms with van der Waals surface area (Å²) in [5, 5.41) is 3.33. The van der Waals surface area contributed by atoms with Gasteiger partial charge in [-0.3, -0.25) is 9.59 Å². The molecule has 35 heavy (non-hydrogen) atoms. The maximum absolute atomic E-state index is 13.2. The quantitative estimate of drug-likeness (QED) is 0.547. The van der Waals surface area contributed by atoms with Gasteiger partial charge >= 0.3 is 5.63 Å². The summed E-state index contributed by atoms with van der Waals surface area (Å²) < 4.78 is 38.6. The molecule has 5 rings (SSSR count). The zero-order valence-electron chi connectivity index (χ0n) is 18.9. The Morgan fingerprint density at radius 2 is 1.80 bits per heavy atom. The second kappa shape index (κ2) is 8.82. The Balaban J connectivity index is 1.31. The average molecular weight is 498 g/mol. The van der Waals surface area contributed by atoms with Gasteiger partial charge in [-0.2, -0.15) is 4.31 Å². The molecule has 1 fully saturated rings.